The Morgan fingerprint density at radius 1 is 1.06 bits per heavy atom. The smallest absolute Gasteiger partial charge is 0.416 e. The Labute approximate surface area is 296 Å². The SMILES string of the molecule is CCOC(=O)C(F)(F)CNC1CCN(c2cnc(-c3nc4nc(-c5cc(F)cc(C(F)(F)F)c5)cc(N(C)CC5(COC)CCC5)c4[nH]3)cn2)CC1. The molecule has 52 heavy (non-hydrogen) atoms. The van der Waals surface area contributed by atoms with E-state index in [0.29, 0.717) is 73.7 Å². The lowest BCUT2D eigenvalue weighted by Gasteiger charge is -2.44. The second kappa shape index (κ2) is 14.8. The highest BCUT2D eigenvalue weighted by Crippen LogP contribution is 2.43. The number of H-pyrrole nitrogens is 1. The molecule has 280 valence electrons. The molecule has 11 nitrogen and oxygen atoms in total. The third-order valence-electron chi connectivity index (χ3n) is 9.70. The second-order valence-corrected chi connectivity index (χ2v) is 13.5. The van der Waals surface area contributed by atoms with Crippen LogP contribution in [0.25, 0.3) is 33.9 Å². The molecule has 6 rings (SSSR count). The predicted octanol–water partition coefficient (Wildman–Crippen LogP) is 6.25. The van der Waals surface area contributed by atoms with Crippen LogP contribution in [0.4, 0.5) is 37.8 Å². The number of methoxy groups -OCH3 is 1. The number of fused-ring (bicyclic) bond motifs is 1. The molecule has 2 fully saturated rings. The number of pyridine rings is 1. The Hall–Kier alpha value is -4.51. The van der Waals surface area contributed by atoms with Crippen molar-refractivity contribution < 1.29 is 40.6 Å². The summed E-state index contributed by atoms with van der Waals surface area (Å²) in [4.78, 5) is 37.1. The molecule has 1 aliphatic heterocycles. The Kier molecular flexibility index (Phi) is 10.6. The van der Waals surface area contributed by atoms with E-state index in [1.54, 1.807) is 19.4 Å². The summed E-state index contributed by atoms with van der Waals surface area (Å²) in [6, 6.07) is 3.74. The molecule has 1 aromatic carbocycles. The fourth-order valence-electron chi connectivity index (χ4n) is 6.86. The third kappa shape index (κ3) is 8.09. The van der Waals surface area contributed by atoms with Gasteiger partial charge in [-0.25, -0.2) is 29.1 Å². The van der Waals surface area contributed by atoms with Crippen LogP contribution in [0.5, 0.6) is 0 Å². The fourth-order valence-corrected chi connectivity index (χ4v) is 6.86. The lowest BCUT2D eigenvalue weighted by atomic mass is 9.69. The molecule has 2 aliphatic rings. The predicted molar refractivity (Wildman–Crippen MR) is 182 cm³/mol. The van der Waals surface area contributed by atoms with Crippen LogP contribution in [0.1, 0.15) is 44.6 Å². The first-order chi connectivity index (χ1) is 24.7. The molecule has 0 unspecified atom stereocenters. The lowest BCUT2D eigenvalue weighted by Crippen LogP contribution is -2.48. The van der Waals surface area contributed by atoms with Gasteiger partial charge in [0.2, 0.25) is 0 Å². The Balaban J connectivity index is 1.23. The number of hydrogen-bond acceptors (Lipinski definition) is 10. The zero-order valence-corrected chi connectivity index (χ0v) is 29.0. The van der Waals surface area contributed by atoms with Gasteiger partial charge in [0.15, 0.2) is 11.5 Å². The van der Waals surface area contributed by atoms with Crippen LogP contribution in [0, 0.1) is 11.2 Å². The van der Waals surface area contributed by atoms with Gasteiger partial charge in [0, 0.05) is 50.8 Å². The van der Waals surface area contributed by atoms with Crippen molar-refractivity contribution >= 4 is 28.6 Å². The molecule has 0 radical (unpaired) electrons. The first-order valence-electron chi connectivity index (χ1n) is 17.0. The molecular formula is C35H40F6N8O3. The third-order valence-corrected chi connectivity index (χ3v) is 9.70. The van der Waals surface area contributed by atoms with Gasteiger partial charge in [0.25, 0.3) is 0 Å². The maximum Gasteiger partial charge on any atom is 0.416 e. The number of aromatic amines is 1. The molecule has 0 spiro atoms. The van der Waals surface area contributed by atoms with Crippen LogP contribution in [-0.4, -0.2) is 96.4 Å². The molecular weight excluding hydrogens is 694 g/mol. The van der Waals surface area contributed by atoms with Gasteiger partial charge < -0.3 is 29.6 Å². The number of ether oxygens (including phenoxy) is 2. The van der Waals surface area contributed by atoms with E-state index in [-0.39, 0.29) is 35.0 Å². The standard InChI is InChI=1S/C35H40F6N8O3/c1-4-52-32(50)34(37,38)18-44-24-6-10-49(11-7-24)28-17-42-26(16-43-28)30-46-29-27(48(2)19-33(20-51-3)8-5-9-33)15-25(45-31(29)47-30)21-12-22(35(39,40)41)14-23(36)13-21/h12-17,24,44H,4-11,18-20H2,1-3H3,(H,45,46,47). The molecule has 0 bridgehead atoms. The number of carbonyl (C=O) groups is 1. The number of carbonyl (C=O) groups excluding carboxylic acids is 1. The van der Waals surface area contributed by atoms with E-state index in [9.17, 15) is 31.1 Å². The summed E-state index contributed by atoms with van der Waals surface area (Å²) in [5, 5.41) is 2.77. The molecule has 1 aliphatic carbocycles. The number of imidazole rings is 1. The van der Waals surface area contributed by atoms with Crippen molar-refractivity contribution in [2.45, 2.75) is 57.2 Å². The Bertz CT molecular complexity index is 1870. The quantitative estimate of drug-likeness (QED) is 0.121. The number of nitrogens with zero attached hydrogens (tertiary/aromatic N) is 6. The molecule has 2 N–H and O–H groups in total. The number of alkyl halides is 5. The number of nitrogens with one attached hydrogen (secondary N) is 2. The normalized spacial score (nSPS) is 16.6. The average molecular weight is 735 g/mol. The van der Waals surface area contributed by atoms with Crippen LogP contribution in [0.15, 0.2) is 36.7 Å². The largest absolute Gasteiger partial charge is 0.462 e. The van der Waals surface area contributed by atoms with Crippen LogP contribution in [-0.2, 0) is 20.4 Å². The average Bonchev–Trinajstić information content (AvgIpc) is 3.53. The highest BCUT2D eigenvalue weighted by atomic mass is 19.4. The number of aromatic nitrogens is 5. The minimum Gasteiger partial charge on any atom is -0.462 e. The van der Waals surface area contributed by atoms with Crippen molar-refractivity contribution in [1.29, 1.82) is 0 Å². The number of hydrogen-bond donors (Lipinski definition) is 2. The first-order valence-corrected chi connectivity index (χ1v) is 17.0. The summed E-state index contributed by atoms with van der Waals surface area (Å²) in [5.74, 6) is -5.30. The molecule has 0 amide bonds. The van der Waals surface area contributed by atoms with Crippen molar-refractivity contribution in [3.63, 3.8) is 0 Å². The highest BCUT2D eigenvalue weighted by Gasteiger charge is 2.41. The zero-order valence-electron chi connectivity index (χ0n) is 29.0. The number of anilines is 2. The number of esters is 1. The van der Waals surface area contributed by atoms with Crippen molar-refractivity contribution in [3.05, 3.63) is 48.0 Å². The van der Waals surface area contributed by atoms with E-state index in [2.05, 4.69) is 35.0 Å². The molecule has 1 saturated heterocycles. The zero-order chi connectivity index (χ0) is 37.3. The van der Waals surface area contributed by atoms with E-state index in [1.807, 2.05) is 16.8 Å². The second-order valence-electron chi connectivity index (χ2n) is 13.5. The maximum atomic E-state index is 14.5. The van der Waals surface area contributed by atoms with Crippen LogP contribution in [0.3, 0.4) is 0 Å². The molecule has 4 aromatic rings. The van der Waals surface area contributed by atoms with Gasteiger partial charge in [-0.15, -0.1) is 0 Å². The number of halogens is 6. The van der Waals surface area contributed by atoms with Gasteiger partial charge >= 0.3 is 18.1 Å². The molecule has 4 heterocycles. The maximum absolute atomic E-state index is 14.5. The van der Waals surface area contributed by atoms with Crippen LogP contribution in [0.2, 0.25) is 0 Å². The van der Waals surface area contributed by atoms with E-state index < -0.39 is 36.0 Å². The summed E-state index contributed by atoms with van der Waals surface area (Å²) >= 11 is 0. The van der Waals surface area contributed by atoms with Crippen molar-refractivity contribution in [1.82, 2.24) is 30.2 Å². The highest BCUT2D eigenvalue weighted by molar-refractivity contribution is 5.91. The van der Waals surface area contributed by atoms with Crippen LogP contribution >= 0.6 is 0 Å². The Morgan fingerprint density at radius 3 is 2.42 bits per heavy atom. The van der Waals surface area contributed by atoms with Gasteiger partial charge in [-0.05, 0) is 56.9 Å². The lowest BCUT2D eigenvalue weighted by molar-refractivity contribution is -0.170. The molecule has 1 saturated carbocycles. The van der Waals surface area contributed by atoms with Crippen LogP contribution < -0.4 is 15.1 Å². The monoisotopic (exact) mass is 734 g/mol. The summed E-state index contributed by atoms with van der Waals surface area (Å²) in [6.07, 6.45) is 2.42. The van der Waals surface area contributed by atoms with E-state index in [1.165, 1.54) is 13.1 Å². The molecule has 0 atom stereocenters. The van der Waals surface area contributed by atoms with E-state index in [0.717, 1.165) is 31.4 Å². The van der Waals surface area contributed by atoms with Gasteiger partial charge in [0.1, 0.15) is 22.8 Å². The number of benzene rings is 1. The molecule has 3 aromatic heterocycles. The van der Waals surface area contributed by atoms with Gasteiger partial charge in [-0.2, -0.15) is 22.0 Å². The van der Waals surface area contributed by atoms with Gasteiger partial charge in [-0.1, -0.05) is 6.42 Å². The molecule has 17 heteroatoms. The van der Waals surface area contributed by atoms with E-state index >= 15 is 0 Å². The summed E-state index contributed by atoms with van der Waals surface area (Å²) in [5.41, 5.74) is 0.584. The fraction of sp³-hybridized carbons (Fsp3) is 0.514. The van der Waals surface area contributed by atoms with Crippen molar-refractivity contribution in [2.75, 3.05) is 63.4 Å². The Morgan fingerprint density at radius 2 is 1.81 bits per heavy atom. The van der Waals surface area contributed by atoms with Gasteiger partial charge in [-0.3, -0.25) is 0 Å². The number of rotatable bonds is 13. The van der Waals surface area contributed by atoms with Gasteiger partial charge in [0.05, 0.1) is 49.1 Å². The minimum atomic E-state index is -4.75. The van der Waals surface area contributed by atoms with Crippen molar-refractivity contribution in [3.8, 4) is 22.8 Å². The first kappa shape index (κ1) is 37.3. The summed E-state index contributed by atoms with van der Waals surface area (Å²) < 4.78 is 93.4. The summed E-state index contributed by atoms with van der Waals surface area (Å²) in [7, 11) is 3.53. The summed E-state index contributed by atoms with van der Waals surface area (Å²) in [6.45, 7) is 2.72. The number of piperidine rings is 1. The minimum absolute atomic E-state index is 0.0421. The topological polar surface area (TPSA) is 121 Å². The van der Waals surface area contributed by atoms with E-state index in [4.69, 9.17) is 4.74 Å². The van der Waals surface area contributed by atoms with Crippen molar-refractivity contribution in [2.24, 2.45) is 5.41 Å².